The molecule has 1 aliphatic heterocycles. The minimum absolute atomic E-state index is 0.227. The molecule has 0 aliphatic carbocycles. The molecule has 0 amide bonds. The molecule has 0 aromatic carbocycles. The zero-order chi connectivity index (χ0) is 13.9. The second-order valence-electron chi connectivity index (χ2n) is 6.66. The third kappa shape index (κ3) is 4.02. The van der Waals surface area contributed by atoms with E-state index in [1.807, 2.05) is 6.20 Å². The molecule has 2 heterocycles. The van der Waals surface area contributed by atoms with Gasteiger partial charge in [0.25, 0.3) is 0 Å². The van der Waals surface area contributed by atoms with Gasteiger partial charge >= 0.3 is 0 Å². The van der Waals surface area contributed by atoms with Gasteiger partial charge in [-0.2, -0.15) is 0 Å². The first-order chi connectivity index (χ1) is 8.97. The van der Waals surface area contributed by atoms with Gasteiger partial charge in [0.15, 0.2) is 0 Å². The van der Waals surface area contributed by atoms with Crippen LogP contribution in [0.1, 0.15) is 38.4 Å². The van der Waals surface area contributed by atoms with Crippen molar-refractivity contribution in [3.8, 4) is 0 Å². The summed E-state index contributed by atoms with van der Waals surface area (Å²) in [5.74, 6) is 0.616. The molecule has 19 heavy (non-hydrogen) atoms. The lowest BCUT2D eigenvalue weighted by Crippen LogP contribution is -2.36. The molecule has 2 rings (SSSR count). The van der Waals surface area contributed by atoms with Crippen molar-refractivity contribution in [3.05, 3.63) is 29.6 Å². The van der Waals surface area contributed by atoms with Gasteiger partial charge in [0.1, 0.15) is 0 Å². The van der Waals surface area contributed by atoms with Crippen LogP contribution >= 0.6 is 0 Å². The van der Waals surface area contributed by atoms with Crippen LogP contribution in [0.3, 0.4) is 0 Å². The summed E-state index contributed by atoms with van der Waals surface area (Å²) in [4.78, 5) is 4.42. The zero-order valence-electron chi connectivity index (χ0n) is 12.6. The SMILES string of the molecule is Cc1ccc(CNC[C@H]2CCO[C@@H]2C(C)(C)C)nc1. The number of aromatic nitrogens is 1. The highest BCUT2D eigenvalue weighted by Crippen LogP contribution is 2.34. The predicted octanol–water partition coefficient (Wildman–Crippen LogP) is 2.93. The standard InChI is InChI=1S/C16H26N2O/c1-12-5-6-14(18-9-12)11-17-10-13-7-8-19-15(13)16(2,3)4/h5-6,9,13,15,17H,7-8,10-11H2,1-4H3/t13-,15+/m1/s1. The summed E-state index contributed by atoms with van der Waals surface area (Å²) in [5.41, 5.74) is 2.54. The molecular weight excluding hydrogens is 236 g/mol. The fourth-order valence-electron chi connectivity index (χ4n) is 2.79. The molecule has 0 bridgehead atoms. The van der Waals surface area contributed by atoms with Gasteiger partial charge in [-0.25, -0.2) is 0 Å². The molecule has 0 saturated carbocycles. The van der Waals surface area contributed by atoms with E-state index in [2.05, 4.69) is 50.1 Å². The van der Waals surface area contributed by atoms with E-state index in [-0.39, 0.29) is 5.41 Å². The maximum Gasteiger partial charge on any atom is 0.0664 e. The lowest BCUT2D eigenvalue weighted by molar-refractivity contribution is 0.00719. The van der Waals surface area contributed by atoms with Crippen LogP contribution in [0, 0.1) is 18.3 Å². The van der Waals surface area contributed by atoms with E-state index in [0.29, 0.717) is 12.0 Å². The minimum atomic E-state index is 0.227. The second-order valence-corrected chi connectivity index (χ2v) is 6.66. The van der Waals surface area contributed by atoms with E-state index in [1.165, 1.54) is 5.56 Å². The average molecular weight is 262 g/mol. The first-order valence-electron chi connectivity index (χ1n) is 7.20. The first kappa shape index (κ1) is 14.5. The molecule has 106 valence electrons. The molecule has 1 aromatic heterocycles. The Morgan fingerprint density at radius 3 is 2.79 bits per heavy atom. The lowest BCUT2D eigenvalue weighted by Gasteiger charge is -2.31. The van der Waals surface area contributed by atoms with Gasteiger partial charge in [0.2, 0.25) is 0 Å². The van der Waals surface area contributed by atoms with Crippen LogP contribution in [0.15, 0.2) is 18.3 Å². The molecule has 3 nitrogen and oxygen atoms in total. The Balaban J connectivity index is 1.80. The molecule has 3 heteroatoms. The molecule has 1 aliphatic rings. The van der Waals surface area contributed by atoms with Gasteiger partial charge in [-0.3, -0.25) is 4.98 Å². The van der Waals surface area contributed by atoms with Crippen molar-refractivity contribution in [1.82, 2.24) is 10.3 Å². The third-order valence-electron chi connectivity index (χ3n) is 3.75. The summed E-state index contributed by atoms with van der Waals surface area (Å²) in [6, 6.07) is 4.20. The Bertz CT molecular complexity index is 394. The van der Waals surface area contributed by atoms with Crippen molar-refractivity contribution in [2.45, 2.75) is 46.8 Å². The summed E-state index contributed by atoms with van der Waals surface area (Å²) in [6.45, 7) is 11.6. The van der Waals surface area contributed by atoms with Crippen LogP contribution in [0.25, 0.3) is 0 Å². The summed E-state index contributed by atoms with van der Waals surface area (Å²) >= 11 is 0. The van der Waals surface area contributed by atoms with Gasteiger partial charge in [-0.15, -0.1) is 0 Å². The predicted molar refractivity (Wildman–Crippen MR) is 78.0 cm³/mol. The van der Waals surface area contributed by atoms with Crippen LogP contribution in [-0.4, -0.2) is 24.2 Å². The van der Waals surface area contributed by atoms with Crippen LogP contribution in [0.2, 0.25) is 0 Å². The number of aryl methyl sites for hydroxylation is 1. The lowest BCUT2D eigenvalue weighted by atomic mass is 9.81. The number of nitrogens with one attached hydrogen (secondary N) is 1. The van der Waals surface area contributed by atoms with E-state index >= 15 is 0 Å². The Morgan fingerprint density at radius 1 is 1.37 bits per heavy atom. The largest absolute Gasteiger partial charge is 0.377 e. The normalized spacial score (nSPS) is 23.8. The van der Waals surface area contributed by atoms with Crippen molar-refractivity contribution >= 4 is 0 Å². The quantitative estimate of drug-likeness (QED) is 0.906. The highest BCUT2D eigenvalue weighted by molar-refractivity contribution is 5.11. The molecule has 1 aromatic rings. The van der Waals surface area contributed by atoms with Gasteiger partial charge in [-0.05, 0) is 30.4 Å². The molecule has 0 spiro atoms. The van der Waals surface area contributed by atoms with Gasteiger partial charge < -0.3 is 10.1 Å². The van der Waals surface area contributed by atoms with Crippen LogP contribution in [-0.2, 0) is 11.3 Å². The van der Waals surface area contributed by atoms with Crippen molar-refractivity contribution in [1.29, 1.82) is 0 Å². The first-order valence-corrected chi connectivity index (χ1v) is 7.20. The second kappa shape index (κ2) is 6.02. The molecule has 0 radical (unpaired) electrons. The van der Waals surface area contributed by atoms with E-state index < -0.39 is 0 Å². The van der Waals surface area contributed by atoms with Gasteiger partial charge in [0.05, 0.1) is 11.8 Å². The van der Waals surface area contributed by atoms with Crippen molar-refractivity contribution < 1.29 is 4.74 Å². The smallest absolute Gasteiger partial charge is 0.0664 e. The van der Waals surface area contributed by atoms with Crippen LogP contribution in [0.5, 0.6) is 0 Å². The molecular formula is C16H26N2O. The Labute approximate surface area is 116 Å². The Kier molecular flexibility index (Phi) is 4.58. The fourth-order valence-corrected chi connectivity index (χ4v) is 2.79. The average Bonchev–Trinajstić information content (AvgIpc) is 2.80. The molecule has 1 N–H and O–H groups in total. The number of nitrogens with zero attached hydrogens (tertiary/aromatic N) is 1. The van der Waals surface area contributed by atoms with Crippen LogP contribution < -0.4 is 5.32 Å². The molecule has 1 saturated heterocycles. The van der Waals surface area contributed by atoms with Gasteiger partial charge in [-0.1, -0.05) is 26.8 Å². The number of rotatable bonds is 4. The number of ether oxygens (including phenoxy) is 1. The van der Waals surface area contributed by atoms with Gasteiger partial charge in [0, 0.05) is 31.8 Å². The van der Waals surface area contributed by atoms with E-state index in [4.69, 9.17) is 4.74 Å². The highest BCUT2D eigenvalue weighted by Gasteiger charge is 2.36. The number of hydrogen-bond donors (Lipinski definition) is 1. The Hall–Kier alpha value is -0.930. The van der Waals surface area contributed by atoms with E-state index in [0.717, 1.165) is 31.8 Å². The third-order valence-corrected chi connectivity index (χ3v) is 3.75. The van der Waals surface area contributed by atoms with Crippen LogP contribution in [0.4, 0.5) is 0 Å². The summed E-state index contributed by atoms with van der Waals surface area (Å²) in [6.07, 6.45) is 3.45. The molecule has 0 unspecified atom stereocenters. The zero-order valence-corrected chi connectivity index (χ0v) is 12.6. The van der Waals surface area contributed by atoms with E-state index in [9.17, 15) is 0 Å². The molecule has 1 fully saturated rings. The summed E-state index contributed by atoms with van der Waals surface area (Å²) in [7, 11) is 0. The van der Waals surface area contributed by atoms with Crippen molar-refractivity contribution in [2.75, 3.05) is 13.2 Å². The van der Waals surface area contributed by atoms with E-state index in [1.54, 1.807) is 0 Å². The maximum atomic E-state index is 5.89. The topological polar surface area (TPSA) is 34.1 Å². The number of hydrogen-bond acceptors (Lipinski definition) is 3. The van der Waals surface area contributed by atoms with Crippen molar-refractivity contribution in [3.63, 3.8) is 0 Å². The monoisotopic (exact) mass is 262 g/mol. The fraction of sp³-hybridized carbons (Fsp3) is 0.688. The summed E-state index contributed by atoms with van der Waals surface area (Å²) in [5, 5.41) is 3.52. The maximum absolute atomic E-state index is 5.89. The Morgan fingerprint density at radius 2 is 2.16 bits per heavy atom. The molecule has 2 atom stereocenters. The summed E-state index contributed by atoms with van der Waals surface area (Å²) < 4.78 is 5.89. The van der Waals surface area contributed by atoms with Crippen molar-refractivity contribution in [2.24, 2.45) is 11.3 Å². The highest BCUT2D eigenvalue weighted by atomic mass is 16.5. The minimum Gasteiger partial charge on any atom is -0.377 e. The number of pyridine rings is 1.